The molecule has 0 bridgehead atoms. The van der Waals surface area contributed by atoms with Gasteiger partial charge in [0.1, 0.15) is 5.82 Å². The molecule has 1 atom stereocenters. The Bertz CT molecular complexity index is 891. The third-order valence-corrected chi connectivity index (χ3v) is 5.90. The van der Waals surface area contributed by atoms with Crippen LogP contribution in [0.4, 0.5) is 14.9 Å². The number of benzene rings is 1. The smallest absolute Gasteiger partial charge is 0.321 e. The number of anilines is 1. The van der Waals surface area contributed by atoms with E-state index in [9.17, 15) is 14.0 Å². The van der Waals surface area contributed by atoms with E-state index < -0.39 is 0 Å². The van der Waals surface area contributed by atoms with E-state index >= 15 is 0 Å². The third kappa shape index (κ3) is 4.55. The highest BCUT2D eigenvalue weighted by Crippen LogP contribution is 2.39. The standard InChI is InChI=1S/C22H25FN4O2/c23-18-3-1-4-19(13-18)25-21(29)26-12-2-8-22(15-26)9-5-20(28)27(16-22)14-17-6-10-24-11-7-17/h1,3-4,6-7,10-11,13H,2,5,8-9,12,14-16H2,(H,25,29)/t22-/m0/s1. The molecule has 1 spiro atoms. The van der Waals surface area contributed by atoms with Gasteiger partial charge in [-0.3, -0.25) is 9.78 Å². The van der Waals surface area contributed by atoms with E-state index in [-0.39, 0.29) is 23.2 Å². The number of nitrogens with zero attached hydrogens (tertiary/aromatic N) is 3. The fourth-order valence-corrected chi connectivity index (χ4v) is 4.44. The largest absolute Gasteiger partial charge is 0.338 e. The number of halogens is 1. The summed E-state index contributed by atoms with van der Waals surface area (Å²) >= 11 is 0. The van der Waals surface area contributed by atoms with Gasteiger partial charge in [0.25, 0.3) is 0 Å². The number of carbonyl (C=O) groups is 2. The molecule has 7 heteroatoms. The molecule has 3 heterocycles. The Labute approximate surface area is 169 Å². The van der Waals surface area contributed by atoms with Crippen LogP contribution in [-0.2, 0) is 11.3 Å². The summed E-state index contributed by atoms with van der Waals surface area (Å²) in [6, 6.07) is 9.55. The molecule has 0 saturated carbocycles. The van der Waals surface area contributed by atoms with Gasteiger partial charge in [0.2, 0.25) is 5.91 Å². The van der Waals surface area contributed by atoms with Gasteiger partial charge in [0.15, 0.2) is 0 Å². The summed E-state index contributed by atoms with van der Waals surface area (Å²) in [7, 11) is 0. The Balaban J connectivity index is 1.43. The number of hydrogen-bond donors (Lipinski definition) is 1. The van der Waals surface area contributed by atoms with Crippen LogP contribution in [0.15, 0.2) is 48.8 Å². The van der Waals surface area contributed by atoms with E-state index in [1.165, 1.54) is 12.1 Å². The Hall–Kier alpha value is -2.96. The van der Waals surface area contributed by atoms with Crippen molar-refractivity contribution >= 4 is 17.6 Å². The summed E-state index contributed by atoms with van der Waals surface area (Å²) in [6.45, 7) is 2.49. The summed E-state index contributed by atoms with van der Waals surface area (Å²) in [6.07, 6.45) is 6.66. The fraction of sp³-hybridized carbons (Fsp3) is 0.409. The van der Waals surface area contributed by atoms with Crippen molar-refractivity contribution in [2.45, 2.75) is 32.2 Å². The molecular formula is C22H25FN4O2. The molecule has 1 aromatic carbocycles. The summed E-state index contributed by atoms with van der Waals surface area (Å²) in [5.41, 5.74) is 1.42. The van der Waals surface area contributed by atoms with Gasteiger partial charge >= 0.3 is 6.03 Å². The van der Waals surface area contributed by atoms with Gasteiger partial charge in [-0.05, 0) is 55.2 Å². The second kappa shape index (κ2) is 8.19. The number of hydrogen-bond acceptors (Lipinski definition) is 3. The van der Waals surface area contributed by atoms with Crippen LogP contribution in [0.25, 0.3) is 0 Å². The normalized spacial score (nSPS) is 22.0. The highest BCUT2D eigenvalue weighted by molar-refractivity contribution is 5.89. The van der Waals surface area contributed by atoms with E-state index in [1.54, 1.807) is 29.4 Å². The molecule has 1 aromatic heterocycles. The van der Waals surface area contributed by atoms with Crippen molar-refractivity contribution in [3.63, 3.8) is 0 Å². The Morgan fingerprint density at radius 2 is 2.00 bits per heavy atom. The fourth-order valence-electron chi connectivity index (χ4n) is 4.44. The molecule has 0 radical (unpaired) electrons. The number of carbonyl (C=O) groups excluding carboxylic acids is 2. The molecule has 6 nitrogen and oxygen atoms in total. The zero-order valence-corrected chi connectivity index (χ0v) is 16.3. The van der Waals surface area contributed by atoms with Crippen LogP contribution in [0, 0.1) is 11.2 Å². The first kappa shape index (κ1) is 19.4. The number of likely N-dealkylation sites (tertiary alicyclic amines) is 2. The van der Waals surface area contributed by atoms with Crippen molar-refractivity contribution in [2.24, 2.45) is 5.41 Å². The molecule has 0 aliphatic carbocycles. The lowest BCUT2D eigenvalue weighted by Crippen LogP contribution is -2.55. The quantitative estimate of drug-likeness (QED) is 0.861. The average Bonchev–Trinajstić information content (AvgIpc) is 2.72. The van der Waals surface area contributed by atoms with E-state index in [0.717, 1.165) is 24.8 Å². The van der Waals surface area contributed by atoms with Crippen LogP contribution in [0.3, 0.4) is 0 Å². The molecule has 2 saturated heterocycles. The molecule has 2 fully saturated rings. The molecule has 29 heavy (non-hydrogen) atoms. The SMILES string of the molecule is O=C1CC[C@]2(CCCN(C(=O)Nc3cccc(F)c3)C2)CN1Cc1ccncc1. The van der Waals surface area contributed by atoms with Crippen molar-refractivity contribution in [1.82, 2.24) is 14.8 Å². The second-order valence-electron chi connectivity index (χ2n) is 8.07. The first-order valence-electron chi connectivity index (χ1n) is 10.0. The average molecular weight is 396 g/mol. The molecule has 2 aromatic rings. The predicted octanol–water partition coefficient (Wildman–Crippen LogP) is 3.66. The first-order valence-corrected chi connectivity index (χ1v) is 10.0. The number of rotatable bonds is 3. The minimum absolute atomic E-state index is 0.0849. The Morgan fingerprint density at radius 1 is 1.17 bits per heavy atom. The van der Waals surface area contributed by atoms with Gasteiger partial charge in [-0.1, -0.05) is 6.07 Å². The van der Waals surface area contributed by atoms with E-state index in [4.69, 9.17) is 0 Å². The third-order valence-electron chi connectivity index (χ3n) is 5.90. The number of pyridine rings is 1. The van der Waals surface area contributed by atoms with Crippen LogP contribution in [0.5, 0.6) is 0 Å². The van der Waals surface area contributed by atoms with Crippen molar-refractivity contribution < 1.29 is 14.0 Å². The number of piperidine rings is 2. The van der Waals surface area contributed by atoms with Gasteiger partial charge in [-0.25, -0.2) is 9.18 Å². The Morgan fingerprint density at radius 3 is 2.79 bits per heavy atom. The zero-order valence-electron chi connectivity index (χ0n) is 16.3. The van der Waals surface area contributed by atoms with E-state index in [0.29, 0.717) is 38.3 Å². The molecule has 3 amide bonds. The van der Waals surface area contributed by atoms with Crippen LogP contribution < -0.4 is 5.32 Å². The topological polar surface area (TPSA) is 65.5 Å². The second-order valence-corrected chi connectivity index (χ2v) is 8.07. The summed E-state index contributed by atoms with van der Waals surface area (Å²) < 4.78 is 13.4. The number of nitrogens with one attached hydrogen (secondary N) is 1. The van der Waals surface area contributed by atoms with Crippen LogP contribution in [0.1, 0.15) is 31.2 Å². The van der Waals surface area contributed by atoms with Crippen molar-refractivity contribution in [3.8, 4) is 0 Å². The minimum atomic E-state index is -0.379. The summed E-state index contributed by atoms with van der Waals surface area (Å²) in [5, 5.41) is 2.79. The highest BCUT2D eigenvalue weighted by atomic mass is 19.1. The van der Waals surface area contributed by atoms with Gasteiger partial charge < -0.3 is 15.1 Å². The highest BCUT2D eigenvalue weighted by Gasteiger charge is 2.42. The van der Waals surface area contributed by atoms with Crippen molar-refractivity contribution in [3.05, 3.63) is 60.2 Å². The van der Waals surface area contributed by atoms with Gasteiger partial charge in [0, 0.05) is 56.1 Å². The van der Waals surface area contributed by atoms with Crippen molar-refractivity contribution in [1.29, 1.82) is 0 Å². The van der Waals surface area contributed by atoms with Crippen LogP contribution >= 0.6 is 0 Å². The maximum absolute atomic E-state index is 13.4. The molecule has 0 unspecified atom stereocenters. The lowest BCUT2D eigenvalue weighted by molar-refractivity contribution is -0.139. The van der Waals surface area contributed by atoms with Gasteiger partial charge in [-0.15, -0.1) is 0 Å². The van der Waals surface area contributed by atoms with Crippen LogP contribution in [-0.4, -0.2) is 46.4 Å². The Kier molecular flexibility index (Phi) is 5.47. The lowest BCUT2D eigenvalue weighted by Gasteiger charge is -2.48. The number of aromatic nitrogens is 1. The first-order chi connectivity index (χ1) is 14.0. The number of urea groups is 1. The maximum atomic E-state index is 13.4. The van der Waals surface area contributed by atoms with E-state index in [1.807, 2.05) is 17.0 Å². The zero-order chi connectivity index (χ0) is 20.3. The maximum Gasteiger partial charge on any atom is 0.321 e. The molecule has 2 aliphatic heterocycles. The predicted molar refractivity (Wildman–Crippen MR) is 108 cm³/mol. The van der Waals surface area contributed by atoms with E-state index in [2.05, 4.69) is 10.3 Å². The molecule has 4 rings (SSSR count). The summed E-state index contributed by atoms with van der Waals surface area (Å²) in [5.74, 6) is -0.218. The summed E-state index contributed by atoms with van der Waals surface area (Å²) in [4.78, 5) is 33.0. The molecular weight excluding hydrogens is 371 g/mol. The lowest BCUT2D eigenvalue weighted by atomic mass is 9.73. The molecule has 1 N–H and O–H groups in total. The van der Waals surface area contributed by atoms with Crippen molar-refractivity contribution in [2.75, 3.05) is 25.0 Å². The van der Waals surface area contributed by atoms with Gasteiger partial charge in [0.05, 0.1) is 0 Å². The minimum Gasteiger partial charge on any atom is -0.338 e. The van der Waals surface area contributed by atoms with Gasteiger partial charge in [-0.2, -0.15) is 0 Å². The number of amides is 3. The molecule has 152 valence electrons. The van der Waals surface area contributed by atoms with Crippen LogP contribution in [0.2, 0.25) is 0 Å². The monoisotopic (exact) mass is 396 g/mol. The molecule has 2 aliphatic rings.